The molecule has 0 aliphatic heterocycles. The highest BCUT2D eigenvalue weighted by atomic mass is 16.1. The minimum atomic E-state index is 0.527. The van der Waals surface area contributed by atoms with Crippen LogP contribution < -0.4 is 0 Å². The van der Waals surface area contributed by atoms with Crippen LogP contribution in [0.25, 0.3) is 0 Å². The smallest absolute Gasteiger partial charge is 0.132 e. The third-order valence-electron chi connectivity index (χ3n) is 10.1. The summed E-state index contributed by atoms with van der Waals surface area (Å²) in [4.78, 5) is 12.1. The predicted octanol–water partition coefficient (Wildman–Crippen LogP) is 16.2. The van der Waals surface area contributed by atoms with Crippen LogP contribution in [-0.4, -0.2) is 5.78 Å². The summed E-state index contributed by atoms with van der Waals surface area (Å²) in [5, 5.41) is 0. The van der Waals surface area contributed by atoms with E-state index >= 15 is 0 Å². The largest absolute Gasteiger partial charge is 0.300 e. The summed E-state index contributed by atoms with van der Waals surface area (Å²) in [7, 11) is 0. The molecular weight excluding hydrogens is 532 g/mol. The van der Waals surface area contributed by atoms with Gasteiger partial charge in [0.05, 0.1) is 0 Å². The van der Waals surface area contributed by atoms with Gasteiger partial charge in [0.2, 0.25) is 0 Å². The van der Waals surface area contributed by atoms with Crippen LogP contribution in [0, 0.1) is 0 Å². The number of unbranched alkanes of at least 4 members (excludes halogenated alkanes) is 36. The maximum absolute atomic E-state index is 12.1. The minimum Gasteiger partial charge on any atom is -0.300 e. The van der Waals surface area contributed by atoms with Crippen LogP contribution in [0.1, 0.15) is 271 Å². The quantitative estimate of drug-likeness (QED) is 0.0624. The Labute approximate surface area is 280 Å². The SMILES string of the molecule is CCCCCCCCCCCCCCCCCCCCCCCCCCCCCCC(=O)CCCCCCCCCCCC. The standard InChI is InChI=1S/C43H86O/c1-3-5-7-9-11-13-15-16-17-18-19-20-21-22-23-24-25-26-27-28-29-30-31-32-34-36-38-40-42-43(44)41-39-37-35-33-14-12-10-8-6-4-2/h3-42H2,1-2H3. The van der Waals surface area contributed by atoms with Crippen molar-refractivity contribution in [1.29, 1.82) is 0 Å². The summed E-state index contributed by atoms with van der Waals surface area (Å²) in [6.07, 6.45) is 55.4. The van der Waals surface area contributed by atoms with E-state index in [-0.39, 0.29) is 0 Å². The number of rotatable bonds is 40. The van der Waals surface area contributed by atoms with Gasteiger partial charge in [-0.15, -0.1) is 0 Å². The Bertz CT molecular complexity index is 511. The molecule has 0 aliphatic carbocycles. The summed E-state index contributed by atoms with van der Waals surface area (Å²) >= 11 is 0. The lowest BCUT2D eigenvalue weighted by atomic mass is 10.0. The van der Waals surface area contributed by atoms with Gasteiger partial charge >= 0.3 is 0 Å². The zero-order valence-electron chi connectivity index (χ0n) is 31.2. The normalized spacial score (nSPS) is 11.5. The summed E-state index contributed by atoms with van der Waals surface area (Å²) in [6, 6.07) is 0. The number of hydrogen-bond donors (Lipinski definition) is 0. The molecule has 0 aromatic carbocycles. The van der Waals surface area contributed by atoms with E-state index in [9.17, 15) is 4.79 Å². The topological polar surface area (TPSA) is 17.1 Å². The highest BCUT2D eigenvalue weighted by molar-refractivity contribution is 5.78. The summed E-state index contributed by atoms with van der Waals surface area (Å²) < 4.78 is 0. The van der Waals surface area contributed by atoms with E-state index in [2.05, 4.69) is 13.8 Å². The Balaban J connectivity index is 3.11. The van der Waals surface area contributed by atoms with Crippen LogP contribution in [0.4, 0.5) is 0 Å². The zero-order valence-corrected chi connectivity index (χ0v) is 31.2. The Morgan fingerprint density at radius 3 is 0.523 bits per heavy atom. The average Bonchev–Trinajstić information content (AvgIpc) is 3.03. The van der Waals surface area contributed by atoms with Gasteiger partial charge in [0.15, 0.2) is 0 Å². The number of ketones is 1. The fourth-order valence-electron chi connectivity index (χ4n) is 6.93. The van der Waals surface area contributed by atoms with Gasteiger partial charge in [-0.2, -0.15) is 0 Å². The molecule has 0 heterocycles. The predicted molar refractivity (Wildman–Crippen MR) is 201 cm³/mol. The first-order valence-electron chi connectivity index (χ1n) is 21.3. The first kappa shape index (κ1) is 43.7. The molecule has 44 heavy (non-hydrogen) atoms. The third-order valence-corrected chi connectivity index (χ3v) is 10.1. The Kier molecular flexibility index (Phi) is 40.4. The summed E-state index contributed by atoms with van der Waals surface area (Å²) in [5.74, 6) is 0.527. The molecule has 0 N–H and O–H groups in total. The van der Waals surface area contributed by atoms with E-state index in [0.717, 1.165) is 25.7 Å². The Hall–Kier alpha value is -0.330. The monoisotopic (exact) mass is 619 g/mol. The molecule has 0 amide bonds. The van der Waals surface area contributed by atoms with Crippen molar-refractivity contribution in [3.05, 3.63) is 0 Å². The van der Waals surface area contributed by atoms with Crippen LogP contribution in [-0.2, 0) is 4.79 Å². The van der Waals surface area contributed by atoms with Gasteiger partial charge in [0, 0.05) is 12.8 Å². The first-order valence-corrected chi connectivity index (χ1v) is 21.3. The fourth-order valence-corrected chi connectivity index (χ4v) is 6.93. The van der Waals surface area contributed by atoms with Crippen LogP contribution >= 0.6 is 0 Å². The van der Waals surface area contributed by atoms with Crippen LogP contribution in [0.5, 0.6) is 0 Å². The highest BCUT2D eigenvalue weighted by Crippen LogP contribution is 2.17. The van der Waals surface area contributed by atoms with E-state index in [1.165, 1.54) is 231 Å². The molecule has 0 atom stereocenters. The van der Waals surface area contributed by atoms with E-state index in [1.807, 2.05) is 0 Å². The molecule has 0 spiro atoms. The summed E-state index contributed by atoms with van der Waals surface area (Å²) in [5.41, 5.74) is 0. The first-order chi connectivity index (χ1) is 21.8. The Morgan fingerprint density at radius 2 is 0.364 bits per heavy atom. The lowest BCUT2D eigenvalue weighted by molar-refractivity contribution is -0.119. The minimum absolute atomic E-state index is 0.527. The van der Waals surface area contributed by atoms with Crippen molar-refractivity contribution in [3.63, 3.8) is 0 Å². The molecule has 1 nitrogen and oxygen atoms in total. The zero-order chi connectivity index (χ0) is 31.9. The molecule has 1 heteroatoms. The molecule has 0 saturated heterocycles. The second-order valence-electron chi connectivity index (χ2n) is 14.8. The van der Waals surface area contributed by atoms with Crippen molar-refractivity contribution in [2.75, 3.05) is 0 Å². The van der Waals surface area contributed by atoms with Gasteiger partial charge in [-0.1, -0.05) is 245 Å². The van der Waals surface area contributed by atoms with E-state index in [0.29, 0.717) is 5.78 Å². The average molecular weight is 619 g/mol. The molecule has 0 aliphatic rings. The van der Waals surface area contributed by atoms with Crippen molar-refractivity contribution < 1.29 is 4.79 Å². The highest BCUT2D eigenvalue weighted by Gasteiger charge is 2.02. The molecule has 0 bridgehead atoms. The van der Waals surface area contributed by atoms with Crippen molar-refractivity contribution in [1.82, 2.24) is 0 Å². The molecule has 0 unspecified atom stereocenters. The van der Waals surface area contributed by atoms with Gasteiger partial charge in [-0.3, -0.25) is 4.79 Å². The van der Waals surface area contributed by atoms with Crippen molar-refractivity contribution in [3.8, 4) is 0 Å². The van der Waals surface area contributed by atoms with E-state index < -0.39 is 0 Å². The molecular formula is C43H86O. The van der Waals surface area contributed by atoms with E-state index in [4.69, 9.17) is 0 Å². The maximum atomic E-state index is 12.1. The van der Waals surface area contributed by atoms with Crippen molar-refractivity contribution in [2.45, 2.75) is 271 Å². The van der Waals surface area contributed by atoms with Gasteiger partial charge in [0.25, 0.3) is 0 Å². The van der Waals surface area contributed by atoms with Gasteiger partial charge in [0.1, 0.15) is 5.78 Å². The molecule has 0 aromatic heterocycles. The molecule has 0 rings (SSSR count). The lowest BCUT2D eigenvalue weighted by Crippen LogP contribution is -1.97. The fraction of sp³-hybridized carbons (Fsp3) is 0.977. The van der Waals surface area contributed by atoms with Gasteiger partial charge in [-0.25, -0.2) is 0 Å². The molecule has 0 saturated carbocycles. The summed E-state index contributed by atoms with van der Waals surface area (Å²) in [6.45, 7) is 4.59. The number of Topliss-reactive ketones (excluding diaryl/α,β-unsaturated/α-hetero) is 1. The second-order valence-corrected chi connectivity index (χ2v) is 14.8. The third kappa shape index (κ3) is 39.7. The van der Waals surface area contributed by atoms with Crippen molar-refractivity contribution in [2.24, 2.45) is 0 Å². The van der Waals surface area contributed by atoms with Crippen molar-refractivity contribution >= 4 is 5.78 Å². The van der Waals surface area contributed by atoms with Crippen LogP contribution in [0.15, 0.2) is 0 Å². The van der Waals surface area contributed by atoms with Gasteiger partial charge < -0.3 is 0 Å². The molecule has 264 valence electrons. The van der Waals surface area contributed by atoms with E-state index in [1.54, 1.807) is 0 Å². The number of carbonyl (C=O) groups excluding carboxylic acids is 1. The van der Waals surface area contributed by atoms with Crippen LogP contribution in [0.2, 0.25) is 0 Å². The molecule has 0 radical (unpaired) electrons. The number of hydrogen-bond acceptors (Lipinski definition) is 1. The molecule has 0 fully saturated rings. The number of carbonyl (C=O) groups is 1. The lowest BCUT2D eigenvalue weighted by Gasteiger charge is -2.05. The van der Waals surface area contributed by atoms with Crippen LogP contribution in [0.3, 0.4) is 0 Å². The Morgan fingerprint density at radius 1 is 0.227 bits per heavy atom. The maximum Gasteiger partial charge on any atom is 0.132 e. The second kappa shape index (κ2) is 40.7. The van der Waals surface area contributed by atoms with Gasteiger partial charge in [-0.05, 0) is 12.8 Å². The molecule has 0 aromatic rings.